The highest BCUT2D eigenvalue weighted by molar-refractivity contribution is 7.15. The molecule has 2 heterocycles. The van der Waals surface area contributed by atoms with Crippen LogP contribution in [0, 0.1) is 0 Å². The van der Waals surface area contributed by atoms with Gasteiger partial charge in [-0.25, -0.2) is 4.98 Å². The largest absolute Gasteiger partial charge is 0.480 e. The van der Waals surface area contributed by atoms with E-state index in [4.69, 9.17) is 0 Å². The first-order valence-corrected chi connectivity index (χ1v) is 10.2. The summed E-state index contributed by atoms with van der Waals surface area (Å²) in [5.41, 5.74) is 1.69. The SMILES string of the molecule is O=C(O)Cn1c(-c2ccccc2)ncc(NCc2ccc(-c3ccccc3)s2)c1=O. The normalized spacial score (nSPS) is 10.7. The molecule has 2 aromatic heterocycles. The Morgan fingerprint density at radius 3 is 2.30 bits per heavy atom. The molecule has 6 nitrogen and oxygen atoms in total. The van der Waals surface area contributed by atoms with Crippen LogP contribution in [-0.4, -0.2) is 20.6 Å². The molecule has 0 fully saturated rings. The van der Waals surface area contributed by atoms with Crippen molar-refractivity contribution in [2.75, 3.05) is 5.32 Å². The maximum absolute atomic E-state index is 12.9. The average molecular weight is 417 g/mol. The van der Waals surface area contributed by atoms with Crippen molar-refractivity contribution in [1.29, 1.82) is 0 Å². The molecule has 0 amide bonds. The highest BCUT2D eigenvalue weighted by Crippen LogP contribution is 2.28. The summed E-state index contributed by atoms with van der Waals surface area (Å²) in [4.78, 5) is 30.8. The van der Waals surface area contributed by atoms with Gasteiger partial charge in [-0.2, -0.15) is 0 Å². The zero-order chi connectivity index (χ0) is 20.9. The summed E-state index contributed by atoms with van der Waals surface area (Å²) in [5, 5.41) is 12.4. The Kier molecular flexibility index (Phi) is 5.72. The van der Waals surface area contributed by atoms with Gasteiger partial charge in [0.05, 0.1) is 6.20 Å². The van der Waals surface area contributed by atoms with Crippen molar-refractivity contribution >= 4 is 23.0 Å². The molecule has 4 aromatic rings. The third kappa shape index (κ3) is 4.31. The van der Waals surface area contributed by atoms with E-state index in [1.807, 2.05) is 42.5 Å². The minimum absolute atomic E-state index is 0.269. The maximum atomic E-state index is 12.9. The molecule has 0 atom stereocenters. The number of nitrogens with zero attached hydrogens (tertiary/aromatic N) is 2. The van der Waals surface area contributed by atoms with E-state index in [9.17, 15) is 14.7 Å². The second-order valence-electron chi connectivity index (χ2n) is 6.63. The third-order valence-electron chi connectivity index (χ3n) is 4.55. The summed E-state index contributed by atoms with van der Waals surface area (Å²) < 4.78 is 1.18. The standard InChI is InChI=1S/C23H19N3O3S/c27-21(28)15-26-22(17-9-5-2-6-10-17)25-14-19(23(26)29)24-13-18-11-12-20(30-18)16-7-3-1-4-8-16/h1-12,14,24H,13,15H2,(H,27,28). The lowest BCUT2D eigenvalue weighted by Gasteiger charge is -2.13. The van der Waals surface area contributed by atoms with E-state index < -0.39 is 18.1 Å². The quantitative estimate of drug-likeness (QED) is 0.467. The van der Waals surface area contributed by atoms with Crippen molar-refractivity contribution in [3.63, 3.8) is 0 Å². The van der Waals surface area contributed by atoms with Gasteiger partial charge in [-0.15, -0.1) is 11.3 Å². The molecule has 0 aliphatic rings. The van der Waals surface area contributed by atoms with Gasteiger partial charge in [0.1, 0.15) is 18.1 Å². The third-order valence-corrected chi connectivity index (χ3v) is 5.68. The van der Waals surface area contributed by atoms with E-state index in [1.54, 1.807) is 23.5 Å². The molecule has 4 rings (SSSR count). The average Bonchev–Trinajstić information content (AvgIpc) is 3.24. The summed E-state index contributed by atoms with van der Waals surface area (Å²) in [6.45, 7) is -0.00505. The zero-order valence-electron chi connectivity index (χ0n) is 16.0. The second kappa shape index (κ2) is 8.75. The lowest BCUT2D eigenvalue weighted by atomic mass is 10.2. The lowest BCUT2D eigenvalue weighted by molar-refractivity contribution is -0.137. The van der Waals surface area contributed by atoms with Gasteiger partial charge >= 0.3 is 5.97 Å². The molecule has 2 aromatic carbocycles. The molecule has 0 radical (unpaired) electrons. The molecule has 0 saturated heterocycles. The van der Waals surface area contributed by atoms with Gasteiger partial charge in [0.25, 0.3) is 5.56 Å². The van der Waals surface area contributed by atoms with Crippen LogP contribution in [0.2, 0.25) is 0 Å². The Labute approximate surface area is 177 Å². The molecule has 0 saturated carbocycles. The van der Waals surface area contributed by atoms with Gasteiger partial charge in [0, 0.05) is 21.9 Å². The van der Waals surface area contributed by atoms with Crippen LogP contribution < -0.4 is 10.9 Å². The first-order chi connectivity index (χ1) is 14.6. The van der Waals surface area contributed by atoms with E-state index in [2.05, 4.69) is 28.5 Å². The summed E-state index contributed by atoms with van der Waals surface area (Å²) in [7, 11) is 0. The molecule has 30 heavy (non-hydrogen) atoms. The fourth-order valence-corrected chi connectivity index (χ4v) is 4.08. The number of carboxylic acids is 1. The smallest absolute Gasteiger partial charge is 0.323 e. The van der Waals surface area contributed by atoms with Crippen molar-refractivity contribution in [1.82, 2.24) is 9.55 Å². The van der Waals surface area contributed by atoms with Gasteiger partial charge in [0.15, 0.2) is 0 Å². The Hall–Kier alpha value is -3.71. The number of hydrogen-bond acceptors (Lipinski definition) is 5. The lowest BCUT2D eigenvalue weighted by Crippen LogP contribution is -2.28. The van der Waals surface area contributed by atoms with E-state index >= 15 is 0 Å². The van der Waals surface area contributed by atoms with Crippen LogP contribution in [0.5, 0.6) is 0 Å². The van der Waals surface area contributed by atoms with Crippen molar-refractivity contribution in [2.24, 2.45) is 0 Å². The number of nitrogens with one attached hydrogen (secondary N) is 1. The Balaban J connectivity index is 1.58. The Morgan fingerprint density at radius 2 is 1.63 bits per heavy atom. The number of aromatic nitrogens is 2. The molecule has 7 heteroatoms. The fraction of sp³-hybridized carbons (Fsp3) is 0.0870. The highest BCUT2D eigenvalue weighted by atomic mass is 32.1. The summed E-state index contributed by atoms with van der Waals surface area (Å²) in [5.74, 6) is -0.768. The number of thiophene rings is 1. The van der Waals surface area contributed by atoms with Crippen molar-refractivity contribution < 1.29 is 9.90 Å². The number of anilines is 1. The summed E-state index contributed by atoms with van der Waals surface area (Å²) in [6, 6.07) is 23.2. The summed E-state index contributed by atoms with van der Waals surface area (Å²) in [6.07, 6.45) is 1.47. The van der Waals surface area contributed by atoms with Gasteiger partial charge in [-0.1, -0.05) is 60.7 Å². The molecule has 0 spiro atoms. The molecule has 0 aliphatic carbocycles. The van der Waals surface area contributed by atoms with E-state index in [0.29, 0.717) is 17.9 Å². The van der Waals surface area contributed by atoms with Crippen LogP contribution in [-0.2, 0) is 17.9 Å². The van der Waals surface area contributed by atoms with E-state index in [-0.39, 0.29) is 5.69 Å². The number of carboxylic acid groups (broad SMARTS) is 1. The fourth-order valence-electron chi connectivity index (χ4n) is 3.13. The van der Waals surface area contributed by atoms with Gasteiger partial charge in [-0.3, -0.25) is 14.2 Å². The molecule has 0 aliphatic heterocycles. The first kappa shape index (κ1) is 19.6. The number of hydrogen-bond donors (Lipinski definition) is 2. The van der Waals surface area contributed by atoms with Crippen LogP contribution in [0.4, 0.5) is 5.69 Å². The van der Waals surface area contributed by atoms with Crippen LogP contribution in [0.3, 0.4) is 0 Å². The Morgan fingerprint density at radius 1 is 0.967 bits per heavy atom. The summed E-state index contributed by atoms with van der Waals surface area (Å²) >= 11 is 1.64. The monoisotopic (exact) mass is 417 g/mol. The molecule has 2 N–H and O–H groups in total. The first-order valence-electron chi connectivity index (χ1n) is 9.37. The minimum atomic E-state index is -1.10. The molecular formula is C23H19N3O3S. The van der Waals surface area contributed by atoms with Crippen LogP contribution >= 0.6 is 11.3 Å². The Bertz CT molecular complexity index is 1220. The number of carbonyl (C=O) groups is 1. The van der Waals surface area contributed by atoms with Gasteiger partial charge in [0.2, 0.25) is 0 Å². The topological polar surface area (TPSA) is 84.2 Å². The second-order valence-corrected chi connectivity index (χ2v) is 7.80. The molecule has 0 unspecified atom stereocenters. The van der Waals surface area contributed by atoms with Crippen molar-refractivity contribution in [3.8, 4) is 21.8 Å². The van der Waals surface area contributed by atoms with Crippen LogP contribution in [0.15, 0.2) is 83.8 Å². The van der Waals surface area contributed by atoms with E-state index in [1.165, 1.54) is 10.8 Å². The van der Waals surface area contributed by atoms with Gasteiger partial charge in [-0.05, 0) is 17.7 Å². The molecule has 150 valence electrons. The minimum Gasteiger partial charge on any atom is -0.480 e. The van der Waals surface area contributed by atoms with Gasteiger partial charge < -0.3 is 10.4 Å². The molecule has 0 bridgehead atoms. The number of benzene rings is 2. The van der Waals surface area contributed by atoms with Crippen molar-refractivity contribution in [2.45, 2.75) is 13.1 Å². The van der Waals surface area contributed by atoms with Crippen LogP contribution in [0.25, 0.3) is 21.8 Å². The van der Waals surface area contributed by atoms with Crippen LogP contribution in [0.1, 0.15) is 4.88 Å². The highest BCUT2D eigenvalue weighted by Gasteiger charge is 2.14. The molecular weight excluding hydrogens is 398 g/mol. The van der Waals surface area contributed by atoms with E-state index in [0.717, 1.165) is 15.3 Å². The number of rotatable bonds is 7. The maximum Gasteiger partial charge on any atom is 0.323 e. The number of aliphatic carboxylic acids is 1. The predicted octanol–water partition coefficient (Wildman–Crippen LogP) is 4.34. The van der Waals surface area contributed by atoms with Crippen molar-refractivity contribution in [3.05, 3.63) is 94.2 Å². The predicted molar refractivity (Wildman–Crippen MR) is 119 cm³/mol. The zero-order valence-corrected chi connectivity index (χ0v) is 16.8.